The van der Waals surface area contributed by atoms with E-state index in [1.54, 1.807) is 14.0 Å². The molecule has 6 nitrogen and oxygen atoms in total. The third kappa shape index (κ3) is 6.46. The molecule has 3 aromatic carbocycles. The number of benzene rings is 3. The molecule has 1 heterocycles. The first-order valence-electron chi connectivity index (χ1n) is 10.0. The van der Waals surface area contributed by atoms with Crippen molar-refractivity contribution in [1.29, 1.82) is 0 Å². The number of carboxylic acids is 1. The normalized spacial score (nSPS) is 14.1. The van der Waals surface area contributed by atoms with E-state index < -0.39 is 5.97 Å². The summed E-state index contributed by atoms with van der Waals surface area (Å²) in [4.78, 5) is 26.4. The molecule has 1 aliphatic heterocycles. The van der Waals surface area contributed by atoms with E-state index in [9.17, 15) is 9.59 Å². The first-order chi connectivity index (χ1) is 15.4. The average molecular weight is 456 g/mol. The fourth-order valence-electron chi connectivity index (χ4n) is 2.89. The van der Waals surface area contributed by atoms with Crippen LogP contribution in [-0.2, 0) is 9.59 Å². The number of nitrogens with one attached hydrogen (secondary N) is 1. The van der Waals surface area contributed by atoms with E-state index in [2.05, 4.69) is 22.4 Å². The number of thioether (sulfide) groups is 1. The van der Waals surface area contributed by atoms with Crippen LogP contribution in [-0.4, -0.2) is 57.2 Å². The van der Waals surface area contributed by atoms with Gasteiger partial charge in [0.2, 0.25) is 0 Å². The van der Waals surface area contributed by atoms with Gasteiger partial charge >= 0.3 is 149 Å². The molecule has 0 fully saturated rings. The molecule has 0 atom stereocenters. The molecule has 0 bridgehead atoms. The third-order valence-corrected chi connectivity index (χ3v) is 6.18. The van der Waals surface area contributed by atoms with Crippen LogP contribution < -0.4 is 12.9 Å². The van der Waals surface area contributed by atoms with Crippen molar-refractivity contribution in [2.24, 2.45) is 4.99 Å². The molecule has 1 amide bonds. The number of anilines is 1. The number of amidine groups is 1. The Labute approximate surface area is 208 Å². The predicted molar refractivity (Wildman–Crippen MR) is 132 cm³/mol. The quantitative estimate of drug-likeness (QED) is 0.452. The number of carbonyl (C=O) groups is 2. The van der Waals surface area contributed by atoms with Gasteiger partial charge in [-0.05, 0) is 5.39 Å². The minimum absolute atomic E-state index is 0.222. The van der Waals surface area contributed by atoms with Gasteiger partial charge in [-0.25, -0.2) is 0 Å². The molecule has 4 rings (SSSR count). The number of rotatable bonds is 4. The van der Waals surface area contributed by atoms with Crippen LogP contribution in [0.3, 0.4) is 0 Å². The predicted octanol–water partition coefficient (Wildman–Crippen LogP) is 4.21. The number of hydrogen-bond acceptors (Lipinski definition) is 5. The second-order valence-corrected chi connectivity index (χ2v) is 9.20. The summed E-state index contributed by atoms with van der Waals surface area (Å²) in [5.41, 5.74) is 1.79. The number of amides is 1. The van der Waals surface area contributed by atoms with Crippen LogP contribution in [0.15, 0.2) is 70.6 Å². The monoisotopic (exact) mass is 456 g/mol. The van der Waals surface area contributed by atoms with Crippen LogP contribution in [0.2, 0.25) is 0 Å². The number of aliphatic imine (C=N–C) groups is 1. The Hall–Kier alpha value is -2.58. The van der Waals surface area contributed by atoms with Gasteiger partial charge in [-0.2, -0.15) is 0 Å². The fraction of sp³-hybridized carbons (Fsp3) is 0.125. The van der Waals surface area contributed by atoms with E-state index in [1.807, 2.05) is 54.6 Å². The summed E-state index contributed by atoms with van der Waals surface area (Å²) in [5, 5.41) is 13.7. The van der Waals surface area contributed by atoms with Crippen molar-refractivity contribution in [3.05, 3.63) is 71.1 Å². The molecule has 0 unspecified atom stereocenters. The number of aliphatic carboxylic acids is 1. The van der Waals surface area contributed by atoms with E-state index in [1.165, 1.54) is 14.6 Å². The molecule has 32 heavy (non-hydrogen) atoms. The van der Waals surface area contributed by atoms with Crippen LogP contribution in [0.5, 0.6) is 5.75 Å². The molecule has 2 N–H and O–H groups in total. The standard InChI is InChI=1S/C21H15N2O2S.C3H6O2.Na/c1-25-18-12-15-8-6-5-7-14(15)11-16(18)13-19-20(24)23-21(26-19)22-17-9-3-2-4-10-17;1-2-3(4)5;/h3-13H,1H3,(H,22,23,24);2H2,1H3,(H,4,5);. The Kier molecular flexibility index (Phi) is 8.53. The van der Waals surface area contributed by atoms with E-state index in [0.29, 0.717) is 10.1 Å². The summed E-state index contributed by atoms with van der Waals surface area (Å²) < 4.78 is 6.84. The van der Waals surface area contributed by atoms with Crippen molar-refractivity contribution in [2.75, 3.05) is 12.4 Å². The van der Waals surface area contributed by atoms with Gasteiger partial charge in [0, 0.05) is 6.42 Å². The SMILES string of the molecule is CCC(=O)O.COc1cc2ccccc2cc1C=C1SC(Nc2cc[c]([Na])cc2)=NC1=O. The summed E-state index contributed by atoms with van der Waals surface area (Å²) in [7, 11) is 1.64. The van der Waals surface area contributed by atoms with E-state index in [0.717, 1.165) is 55.7 Å². The Balaban J connectivity index is 0.000000523. The Morgan fingerprint density at radius 3 is 2.38 bits per heavy atom. The molecule has 0 saturated carbocycles. The number of methoxy groups -OCH3 is 1. The molecule has 1 aliphatic rings. The number of fused-ring (bicyclic) bond motifs is 1. The first kappa shape index (κ1) is 24.1. The number of ether oxygens (including phenoxy) is 1. The number of hydrogen-bond donors (Lipinski definition) is 2. The van der Waals surface area contributed by atoms with Gasteiger partial charge in [-0.1, -0.05) is 31.2 Å². The molecule has 0 aliphatic carbocycles. The van der Waals surface area contributed by atoms with Crippen molar-refractivity contribution < 1.29 is 19.4 Å². The second kappa shape index (κ2) is 11.3. The van der Waals surface area contributed by atoms with E-state index in [-0.39, 0.29) is 12.3 Å². The van der Waals surface area contributed by atoms with Crippen LogP contribution in [0.25, 0.3) is 16.8 Å². The van der Waals surface area contributed by atoms with Gasteiger partial charge in [0.15, 0.2) is 0 Å². The Morgan fingerprint density at radius 2 is 1.78 bits per heavy atom. The summed E-state index contributed by atoms with van der Waals surface area (Å²) in [6.07, 6.45) is 2.07. The summed E-state index contributed by atoms with van der Waals surface area (Å²) in [6.45, 7) is 1.60. The fourth-order valence-corrected chi connectivity index (χ4v) is 4.05. The molecule has 3 aromatic rings. The first-order valence-corrected chi connectivity index (χ1v) is 11.9. The van der Waals surface area contributed by atoms with Gasteiger partial charge in [-0.3, -0.25) is 4.79 Å². The van der Waals surface area contributed by atoms with E-state index >= 15 is 0 Å². The Bertz CT molecular complexity index is 1210. The maximum absolute atomic E-state index is 12.3. The van der Waals surface area contributed by atoms with Gasteiger partial charge in [0.1, 0.15) is 0 Å². The van der Waals surface area contributed by atoms with Crippen molar-refractivity contribution in [3.8, 4) is 5.75 Å². The summed E-state index contributed by atoms with van der Waals surface area (Å²) in [6, 6.07) is 20.3. The van der Waals surface area contributed by atoms with Crippen LogP contribution in [0.1, 0.15) is 18.9 Å². The molecule has 158 valence electrons. The summed E-state index contributed by atoms with van der Waals surface area (Å²) >= 11 is 2.36. The van der Waals surface area contributed by atoms with Gasteiger partial charge < -0.3 is 5.11 Å². The molecular formula is C24H21N2NaO4S. The van der Waals surface area contributed by atoms with Gasteiger partial charge in [0.05, 0.1) is 7.11 Å². The molecule has 0 saturated heterocycles. The zero-order chi connectivity index (χ0) is 23.1. The molecule has 0 spiro atoms. The van der Waals surface area contributed by atoms with Gasteiger partial charge in [-0.15, -0.1) is 0 Å². The topological polar surface area (TPSA) is 88.0 Å². The minimum atomic E-state index is -0.745. The van der Waals surface area contributed by atoms with Crippen LogP contribution in [0.4, 0.5) is 5.69 Å². The van der Waals surface area contributed by atoms with Crippen molar-refractivity contribution in [2.45, 2.75) is 13.3 Å². The number of nitrogens with zero attached hydrogens (tertiary/aromatic N) is 1. The van der Waals surface area contributed by atoms with Crippen LogP contribution >= 0.6 is 11.8 Å². The van der Waals surface area contributed by atoms with Crippen molar-refractivity contribution >= 4 is 82.1 Å². The molecular weight excluding hydrogens is 435 g/mol. The average Bonchev–Trinajstić information content (AvgIpc) is 3.13. The molecule has 0 radical (unpaired) electrons. The van der Waals surface area contributed by atoms with Crippen molar-refractivity contribution in [1.82, 2.24) is 0 Å². The number of carboxylic acid groups (broad SMARTS) is 1. The molecule has 0 aromatic heterocycles. The Morgan fingerprint density at radius 1 is 1.16 bits per heavy atom. The van der Waals surface area contributed by atoms with Crippen molar-refractivity contribution in [3.63, 3.8) is 0 Å². The zero-order valence-corrected chi connectivity index (χ0v) is 20.9. The van der Waals surface area contributed by atoms with E-state index in [4.69, 9.17) is 9.84 Å². The number of carbonyl (C=O) groups excluding carboxylic acids is 1. The summed E-state index contributed by atoms with van der Waals surface area (Å²) in [5.74, 6) is -0.249. The zero-order valence-electron chi connectivity index (χ0n) is 18.1. The van der Waals surface area contributed by atoms with Crippen LogP contribution in [0, 0.1) is 0 Å². The third-order valence-electron chi connectivity index (χ3n) is 4.61. The molecule has 8 heteroatoms. The maximum atomic E-state index is 12.3. The second-order valence-electron chi connectivity index (χ2n) is 7.01. The van der Waals surface area contributed by atoms with Gasteiger partial charge in [0.25, 0.3) is 0 Å².